The topological polar surface area (TPSA) is 80.6 Å². The monoisotopic (exact) mass is 618 g/mol. The van der Waals surface area contributed by atoms with Gasteiger partial charge < -0.3 is 37.9 Å². The molecule has 46 heavy (non-hydrogen) atoms. The van der Waals surface area contributed by atoms with E-state index >= 15 is 0 Å². The van der Waals surface area contributed by atoms with E-state index in [1.54, 1.807) is 32.9 Å². The van der Waals surface area contributed by atoms with Gasteiger partial charge >= 0.3 is 0 Å². The van der Waals surface area contributed by atoms with Crippen LogP contribution in [0.3, 0.4) is 0 Å². The summed E-state index contributed by atoms with van der Waals surface area (Å²) in [5.41, 5.74) is 4.50. The maximum Gasteiger partial charge on any atom is 0.261 e. The average molecular weight is 619 g/mol. The van der Waals surface area contributed by atoms with E-state index in [1.807, 2.05) is 42.5 Å². The van der Waals surface area contributed by atoms with Crippen LogP contribution in [0.4, 0.5) is 5.69 Å². The van der Waals surface area contributed by atoms with Crippen LogP contribution in [0.5, 0.6) is 34.5 Å². The first-order valence-electron chi connectivity index (χ1n) is 15.2. The fourth-order valence-corrected chi connectivity index (χ4v) is 7.42. The van der Waals surface area contributed by atoms with E-state index in [4.69, 9.17) is 28.4 Å². The molecule has 9 heteroatoms. The molecular formula is C37H34N2O7. The van der Waals surface area contributed by atoms with Crippen molar-refractivity contribution in [1.29, 1.82) is 0 Å². The van der Waals surface area contributed by atoms with Gasteiger partial charge in [-0.25, -0.2) is 0 Å². The van der Waals surface area contributed by atoms with Gasteiger partial charge in [-0.15, -0.1) is 0 Å². The Bertz CT molecular complexity index is 2190. The van der Waals surface area contributed by atoms with Crippen molar-refractivity contribution >= 4 is 33.4 Å². The normalized spacial score (nSPS) is 19.0. The highest BCUT2D eigenvalue weighted by atomic mass is 16.7. The number of methoxy groups -OCH3 is 3. The number of aromatic nitrogens is 1. The quantitative estimate of drug-likeness (QED) is 0.211. The van der Waals surface area contributed by atoms with Gasteiger partial charge in [-0.1, -0.05) is 18.2 Å². The number of pyridine rings is 1. The highest BCUT2D eigenvalue weighted by Crippen LogP contribution is 2.55. The summed E-state index contributed by atoms with van der Waals surface area (Å²) in [5, 5.41) is 2.94. The van der Waals surface area contributed by atoms with Crippen LogP contribution in [-0.2, 0) is 7.05 Å². The molecule has 0 bridgehead atoms. The molecule has 4 heterocycles. The van der Waals surface area contributed by atoms with Gasteiger partial charge in [0, 0.05) is 42.4 Å². The summed E-state index contributed by atoms with van der Waals surface area (Å²) in [6.07, 6.45) is 4.44. The molecule has 0 saturated carbocycles. The predicted molar refractivity (Wildman–Crippen MR) is 178 cm³/mol. The molecule has 3 aliphatic rings. The van der Waals surface area contributed by atoms with Gasteiger partial charge in [0.1, 0.15) is 17.1 Å². The summed E-state index contributed by atoms with van der Waals surface area (Å²) >= 11 is 0. The van der Waals surface area contributed by atoms with E-state index in [1.165, 1.54) is 0 Å². The third kappa shape index (κ3) is 3.90. The first-order chi connectivity index (χ1) is 22.3. The van der Waals surface area contributed by atoms with Crippen molar-refractivity contribution in [2.45, 2.75) is 25.0 Å². The summed E-state index contributed by atoms with van der Waals surface area (Å²) in [4.78, 5) is 15.8. The van der Waals surface area contributed by atoms with Crippen LogP contribution in [0.25, 0.3) is 38.9 Å². The lowest BCUT2D eigenvalue weighted by molar-refractivity contribution is 0.119. The summed E-state index contributed by atoms with van der Waals surface area (Å²) in [6.45, 7) is 2.27. The predicted octanol–water partition coefficient (Wildman–Crippen LogP) is 6.86. The number of hydrogen-bond donors (Lipinski definition) is 0. The van der Waals surface area contributed by atoms with Crippen molar-refractivity contribution in [3.8, 4) is 45.6 Å². The number of ether oxygens (including phenoxy) is 6. The van der Waals surface area contributed by atoms with Crippen LogP contribution in [0.2, 0.25) is 0 Å². The number of para-hydroxylation sites is 1. The molecule has 3 aliphatic heterocycles. The molecule has 1 aromatic heterocycles. The summed E-state index contributed by atoms with van der Waals surface area (Å²) in [5.74, 6) is 3.98. The molecule has 9 nitrogen and oxygen atoms in total. The van der Waals surface area contributed by atoms with Crippen LogP contribution in [0.1, 0.15) is 30.5 Å². The molecule has 0 saturated heterocycles. The molecule has 0 fully saturated rings. The van der Waals surface area contributed by atoms with Gasteiger partial charge in [-0.3, -0.25) is 4.79 Å². The maximum atomic E-state index is 13.5. The summed E-state index contributed by atoms with van der Waals surface area (Å²) in [7, 11) is 8.81. The maximum absolute atomic E-state index is 13.5. The second-order valence-corrected chi connectivity index (χ2v) is 12.2. The zero-order valence-electron chi connectivity index (χ0n) is 26.6. The minimum Gasteiger partial charge on any atom is -0.495 e. The Kier molecular flexibility index (Phi) is 6.19. The van der Waals surface area contributed by atoms with E-state index in [-0.39, 0.29) is 18.4 Å². The lowest BCUT2D eigenvalue weighted by Gasteiger charge is -2.43. The van der Waals surface area contributed by atoms with Gasteiger partial charge in [0.2, 0.25) is 6.79 Å². The summed E-state index contributed by atoms with van der Waals surface area (Å²) < 4.78 is 37.5. The third-order valence-corrected chi connectivity index (χ3v) is 9.63. The molecule has 0 amide bonds. The number of aryl methyl sites for hydroxylation is 1. The van der Waals surface area contributed by atoms with Crippen molar-refractivity contribution in [2.24, 2.45) is 7.05 Å². The summed E-state index contributed by atoms with van der Waals surface area (Å²) in [6, 6.07) is 18.0. The van der Waals surface area contributed by atoms with Crippen LogP contribution in [0.15, 0.2) is 65.5 Å². The van der Waals surface area contributed by atoms with Gasteiger partial charge in [-0.2, -0.15) is 0 Å². The minimum atomic E-state index is -0.792. The Balaban J connectivity index is 1.31. The van der Waals surface area contributed by atoms with Crippen LogP contribution in [0, 0.1) is 0 Å². The largest absolute Gasteiger partial charge is 0.495 e. The molecule has 2 atom stereocenters. The van der Waals surface area contributed by atoms with E-state index in [9.17, 15) is 4.79 Å². The Morgan fingerprint density at radius 3 is 2.41 bits per heavy atom. The Morgan fingerprint density at radius 1 is 0.891 bits per heavy atom. The number of anilines is 1. The molecule has 0 unspecified atom stereocenters. The molecule has 5 aromatic rings. The highest BCUT2D eigenvalue weighted by molar-refractivity contribution is 6.06. The van der Waals surface area contributed by atoms with Crippen molar-refractivity contribution in [2.75, 3.05) is 40.1 Å². The number of benzene rings is 4. The fourth-order valence-electron chi connectivity index (χ4n) is 7.42. The molecule has 0 spiro atoms. The molecule has 0 N–H and O–H groups in total. The van der Waals surface area contributed by atoms with Gasteiger partial charge in [0.15, 0.2) is 23.0 Å². The molecule has 234 valence electrons. The Morgan fingerprint density at radius 2 is 1.65 bits per heavy atom. The van der Waals surface area contributed by atoms with Gasteiger partial charge in [0.05, 0.1) is 44.1 Å². The second kappa shape index (κ2) is 10.1. The van der Waals surface area contributed by atoms with E-state index in [2.05, 4.69) is 43.1 Å². The molecule has 0 radical (unpaired) electrons. The Hall–Kier alpha value is -5.31. The number of nitrogens with zero attached hydrogens (tertiary/aromatic N) is 2. The average Bonchev–Trinajstić information content (AvgIpc) is 3.54. The number of rotatable bonds is 5. The number of hydrogen-bond acceptors (Lipinski definition) is 8. The van der Waals surface area contributed by atoms with Gasteiger partial charge in [-0.05, 0) is 66.4 Å². The van der Waals surface area contributed by atoms with Gasteiger partial charge in [0.25, 0.3) is 5.56 Å². The minimum absolute atomic E-state index is 0.143. The van der Waals surface area contributed by atoms with Crippen LogP contribution >= 0.6 is 0 Å². The van der Waals surface area contributed by atoms with Crippen molar-refractivity contribution in [3.63, 3.8) is 0 Å². The van der Waals surface area contributed by atoms with E-state index in [0.717, 1.165) is 50.0 Å². The first kappa shape index (κ1) is 28.2. The molecular weight excluding hydrogens is 584 g/mol. The standard InChI is InChI=1S/C37H34N2O7/c1-37(15-14-24-34(46-37)23-8-7-9-27(41-4)33(23)39(3)36(24)40)18-26-31-21(12-13-28(42-5)35(31)43-6)22-11-10-20-16-29-30(45-19-44-29)17-25(20)32(22)38(26)2/h7-17,26H,18-19H2,1-6H3/t26-,37-/m1/s1. The fraction of sp³-hybridized carbons (Fsp3) is 0.270. The van der Waals surface area contributed by atoms with Crippen molar-refractivity contribution in [1.82, 2.24) is 4.57 Å². The third-order valence-electron chi connectivity index (χ3n) is 9.63. The van der Waals surface area contributed by atoms with Crippen molar-refractivity contribution < 1.29 is 28.4 Å². The van der Waals surface area contributed by atoms with E-state index < -0.39 is 5.60 Å². The lowest BCUT2D eigenvalue weighted by Crippen LogP contribution is -2.40. The smallest absolute Gasteiger partial charge is 0.261 e. The molecule has 0 aliphatic carbocycles. The zero-order chi connectivity index (χ0) is 31.9. The van der Waals surface area contributed by atoms with Crippen molar-refractivity contribution in [3.05, 3.63) is 82.2 Å². The first-order valence-corrected chi connectivity index (χ1v) is 15.2. The molecule has 4 aromatic carbocycles. The highest BCUT2D eigenvalue weighted by Gasteiger charge is 2.41. The van der Waals surface area contributed by atoms with E-state index in [0.29, 0.717) is 40.5 Å². The SMILES string of the molecule is COc1ccc2c(c1OC)[C@@H](C[C@@]1(C)C=Cc3c(c4cccc(OC)c4n(C)c3=O)O1)N(C)c1c-2ccc2cc3c(cc12)OCO3. The molecule has 8 rings (SSSR count). The lowest BCUT2D eigenvalue weighted by atomic mass is 9.80. The van der Waals surface area contributed by atoms with Crippen LogP contribution in [-0.4, -0.2) is 45.3 Å². The zero-order valence-corrected chi connectivity index (χ0v) is 26.6. The Labute approximate surface area is 266 Å². The second-order valence-electron chi connectivity index (χ2n) is 12.2. The number of fused-ring (bicyclic) bond motifs is 9. The van der Waals surface area contributed by atoms with Crippen LogP contribution < -0.4 is 38.9 Å².